The maximum Gasteiger partial charge on any atom is 0.240 e. The van der Waals surface area contributed by atoms with Crippen molar-refractivity contribution in [1.82, 2.24) is 10.0 Å². The zero-order valence-electron chi connectivity index (χ0n) is 17.0. The fourth-order valence-electron chi connectivity index (χ4n) is 2.74. The van der Waals surface area contributed by atoms with Gasteiger partial charge in [0.2, 0.25) is 15.9 Å². The molecule has 0 bridgehead atoms. The van der Waals surface area contributed by atoms with Crippen LogP contribution in [0, 0.1) is 13.8 Å². The molecular formula is C21H30N3O3S+. The highest BCUT2D eigenvalue weighted by molar-refractivity contribution is 7.89. The molecule has 28 heavy (non-hydrogen) atoms. The van der Waals surface area contributed by atoms with Crippen LogP contribution < -0.4 is 14.9 Å². The first-order valence-electron chi connectivity index (χ1n) is 9.38. The van der Waals surface area contributed by atoms with Crippen LogP contribution in [0.2, 0.25) is 0 Å². The second kappa shape index (κ2) is 9.82. The highest BCUT2D eigenvalue weighted by atomic mass is 32.2. The Hall–Kier alpha value is -2.22. The smallest absolute Gasteiger partial charge is 0.240 e. The summed E-state index contributed by atoms with van der Waals surface area (Å²) in [4.78, 5) is 13.6. The number of amides is 1. The first-order chi connectivity index (χ1) is 13.2. The average molecular weight is 405 g/mol. The average Bonchev–Trinajstić information content (AvgIpc) is 2.62. The van der Waals surface area contributed by atoms with Gasteiger partial charge in [0.05, 0.1) is 19.0 Å². The first kappa shape index (κ1) is 22.1. The molecule has 0 aliphatic carbocycles. The molecule has 7 heteroatoms. The van der Waals surface area contributed by atoms with Crippen LogP contribution in [0.25, 0.3) is 0 Å². The van der Waals surface area contributed by atoms with Crippen molar-refractivity contribution in [2.24, 2.45) is 0 Å². The Kier molecular flexibility index (Phi) is 7.74. The highest BCUT2D eigenvalue weighted by Gasteiger charge is 2.14. The number of benzene rings is 2. The SMILES string of the molecule is Cc1ccc(S(=O)(=O)NCCC(=O)NCc2ccc(C[NH+](C)C)cc2)cc1C. The standard InChI is InChI=1S/C21H29N3O3S/c1-16-5-10-20(13-17(16)2)28(26,27)23-12-11-21(25)22-14-18-6-8-19(9-7-18)15-24(3)4/h5-10,13,23H,11-12,14-15H2,1-4H3,(H,22,25)/p+1. The van der Waals surface area contributed by atoms with Gasteiger partial charge < -0.3 is 10.2 Å². The van der Waals surface area contributed by atoms with Crippen LogP contribution in [0.1, 0.15) is 28.7 Å². The summed E-state index contributed by atoms with van der Waals surface area (Å²) in [6.07, 6.45) is 0.0894. The Labute approximate surface area is 168 Å². The van der Waals surface area contributed by atoms with Gasteiger partial charge in [-0.1, -0.05) is 30.3 Å². The third-order valence-corrected chi connectivity index (χ3v) is 5.96. The van der Waals surface area contributed by atoms with Crippen LogP contribution in [0.15, 0.2) is 47.4 Å². The van der Waals surface area contributed by atoms with E-state index in [1.807, 2.05) is 26.0 Å². The second-order valence-corrected chi connectivity index (χ2v) is 9.14. The molecule has 152 valence electrons. The summed E-state index contributed by atoms with van der Waals surface area (Å²) in [7, 11) is 0.590. The number of sulfonamides is 1. The van der Waals surface area contributed by atoms with E-state index in [1.165, 1.54) is 10.5 Å². The van der Waals surface area contributed by atoms with Crippen LogP contribution in [-0.4, -0.2) is 35.0 Å². The van der Waals surface area contributed by atoms with Gasteiger partial charge in [-0.2, -0.15) is 0 Å². The lowest BCUT2D eigenvalue weighted by atomic mass is 10.1. The van der Waals surface area contributed by atoms with Crippen LogP contribution in [-0.2, 0) is 27.9 Å². The summed E-state index contributed by atoms with van der Waals surface area (Å²) in [5.41, 5.74) is 4.21. The van der Waals surface area contributed by atoms with Crippen molar-refractivity contribution in [3.63, 3.8) is 0 Å². The first-order valence-corrected chi connectivity index (χ1v) is 10.9. The van der Waals surface area contributed by atoms with Crippen molar-refractivity contribution in [3.8, 4) is 0 Å². The molecule has 2 aromatic rings. The third-order valence-electron chi connectivity index (χ3n) is 4.50. The van der Waals surface area contributed by atoms with Crippen molar-refractivity contribution in [3.05, 3.63) is 64.7 Å². The quantitative estimate of drug-likeness (QED) is 0.582. The number of rotatable bonds is 9. The van der Waals surface area contributed by atoms with E-state index in [2.05, 4.69) is 36.3 Å². The lowest BCUT2D eigenvalue weighted by Crippen LogP contribution is -3.04. The molecule has 0 saturated carbocycles. The van der Waals surface area contributed by atoms with Gasteiger partial charge in [0.25, 0.3) is 0 Å². The Morgan fingerprint density at radius 2 is 1.61 bits per heavy atom. The number of aryl methyl sites for hydroxylation is 2. The molecule has 0 spiro atoms. The molecule has 3 N–H and O–H groups in total. The van der Waals surface area contributed by atoms with Crippen LogP contribution >= 0.6 is 0 Å². The molecule has 0 fully saturated rings. The van der Waals surface area contributed by atoms with Gasteiger partial charge in [0, 0.05) is 25.1 Å². The Balaban J connectivity index is 1.78. The topological polar surface area (TPSA) is 79.7 Å². The summed E-state index contributed by atoms with van der Waals surface area (Å²) in [5.74, 6) is -0.190. The van der Waals surface area contributed by atoms with Crippen molar-refractivity contribution in [1.29, 1.82) is 0 Å². The van der Waals surface area contributed by atoms with E-state index in [0.717, 1.165) is 23.2 Å². The lowest BCUT2D eigenvalue weighted by molar-refractivity contribution is -0.872. The van der Waals surface area contributed by atoms with E-state index < -0.39 is 10.0 Å². The largest absolute Gasteiger partial charge is 0.352 e. The normalized spacial score (nSPS) is 11.6. The minimum Gasteiger partial charge on any atom is -0.352 e. The van der Waals surface area contributed by atoms with E-state index in [4.69, 9.17) is 0 Å². The summed E-state index contributed by atoms with van der Waals surface area (Å²) in [5, 5.41) is 2.82. The van der Waals surface area contributed by atoms with Crippen LogP contribution in [0.5, 0.6) is 0 Å². The van der Waals surface area contributed by atoms with Gasteiger partial charge in [0.1, 0.15) is 6.54 Å². The molecular weight excluding hydrogens is 374 g/mol. The molecule has 0 saturated heterocycles. The Bertz CT molecular complexity index is 907. The van der Waals surface area contributed by atoms with Crippen LogP contribution in [0.3, 0.4) is 0 Å². The molecule has 2 rings (SSSR count). The van der Waals surface area contributed by atoms with Gasteiger partial charge >= 0.3 is 0 Å². The number of quaternary nitrogens is 1. The Morgan fingerprint density at radius 3 is 2.21 bits per heavy atom. The van der Waals surface area contributed by atoms with Crippen molar-refractivity contribution in [2.75, 3.05) is 20.6 Å². The molecule has 0 aliphatic heterocycles. The number of hydrogen-bond acceptors (Lipinski definition) is 3. The van der Waals surface area contributed by atoms with Gasteiger partial charge in [-0.3, -0.25) is 4.79 Å². The summed E-state index contributed by atoms with van der Waals surface area (Å²) >= 11 is 0. The fourth-order valence-corrected chi connectivity index (χ4v) is 3.85. The number of nitrogens with one attached hydrogen (secondary N) is 3. The van der Waals surface area contributed by atoms with Crippen molar-refractivity contribution in [2.45, 2.75) is 38.3 Å². The molecule has 2 aromatic carbocycles. The second-order valence-electron chi connectivity index (χ2n) is 7.37. The van der Waals surface area contributed by atoms with Gasteiger partial charge in [-0.25, -0.2) is 13.1 Å². The number of carbonyl (C=O) groups is 1. The fraction of sp³-hybridized carbons (Fsp3) is 0.381. The van der Waals surface area contributed by atoms with E-state index in [1.54, 1.807) is 18.2 Å². The molecule has 0 unspecified atom stereocenters. The maximum absolute atomic E-state index is 12.3. The van der Waals surface area contributed by atoms with E-state index in [-0.39, 0.29) is 23.8 Å². The van der Waals surface area contributed by atoms with Crippen molar-refractivity contribution >= 4 is 15.9 Å². The molecule has 1 amide bonds. The number of carbonyl (C=O) groups excluding carboxylic acids is 1. The van der Waals surface area contributed by atoms with Gasteiger partial charge in [-0.15, -0.1) is 0 Å². The number of hydrogen-bond donors (Lipinski definition) is 3. The van der Waals surface area contributed by atoms with Gasteiger partial charge in [-0.05, 0) is 42.7 Å². The minimum absolute atomic E-state index is 0.0612. The summed E-state index contributed by atoms with van der Waals surface area (Å²) < 4.78 is 27.1. The minimum atomic E-state index is -3.61. The zero-order chi connectivity index (χ0) is 20.7. The molecule has 0 aliphatic rings. The monoisotopic (exact) mass is 404 g/mol. The summed E-state index contributed by atoms with van der Waals surface area (Å²) in [6.45, 7) is 5.24. The Morgan fingerprint density at radius 1 is 0.964 bits per heavy atom. The lowest BCUT2D eigenvalue weighted by Gasteiger charge is -2.10. The van der Waals surface area contributed by atoms with Crippen LogP contribution in [0.4, 0.5) is 0 Å². The van der Waals surface area contributed by atoms with E-state index in [0.29, 0.717) is 6.54 Å². The molecule has 0 heterocycles. The van der Waals surface area contributed by atoms with E-state index in [9.17, 15) is 13.2 Å². The third kappa shape index (κ3) is 6.74. The molecule has 0 aromatic heterocycles. The molecule has 6 nitrogen and oxygen atoms in total. The highest BCUT2D eigenvalue weighted by Crippen LogP contribution is 2.14. The predicted molar refractivity (Wildman–Crippen MR) is 111 cm³/mol. The van der Waals surface area contributed by atoms with Gasteiger partial charge in [0.15, 0.2) is 0 Å². The maximum atomic E-state index is 12.3. The predicted octanol–water partition coefficient (Wildman–Crippen LogP) is 0.933. The molecule has 0 radical (unpaired) electrons. The summed E-state index contributed by atoms with van der Waals surface area (Å²) in [6, 6.07) is 13.1. The zero-order valence-corrected chi connectivity index (χ0v) is 17.8. The van der Waals surface area contributed by atoms with E-state index >= 15 is 0 Å². The van der Waals surface area contributed by atoms with Crippen molar-refractivity contribution < 1.29 is 18.1 Å². The molecule has 0 atom stereocenters.